The molecule has 1 heterocycles. The number of halogens is 1. The van der Waals surface area contributed by atoms with E-state index < -0.39 is 28.5 Å². The zero-order valence-electron chi connectivity index (χ0n) is 25.6. The summed E-state index contributed by atoms with van der Waals surface area (Å²) in [4.78, 5) is 29.9. The van der Waals surface area contributed by atoms with Gasteiger partial charge >= 0.3 is 0 Å². The Bertz CT molecular complexity index is 1750. The van der Waals surface area contributed by atoms with Crippen molar-refractivity contribution in [1.82, 2.24) is 10.2 Å². The van der Waals surface area contributed by atoms with Gasteiger partial charge in [-0.25, -0.2) is 8.42 Å². The lowest BCUT2D eigenvalue weighted by atomic mass is 10.0. The minimum atomic E-state index is -4.23. The van der Waals surface area contributed by atoms with Gasteiger partial charge in [0.05, 0.1) is 10.6 Å². The molecule has 0 aromatic heterocycles. The van der Waals surface area contributed by atoms with Gasteiger partial charge in [-0.2, -0.15) is 0 Å². The highest BCUT2D eigenvalue weighted by molar-refractivity contribution is 9.10. The summed E-state index contributed by atoms with van der Waals surface area (Å²) in [5.41, 5.74) is 1.88. The summed E-state index contributed by atoms with van der Waals surface area (Å²) in [6.07, 6.45) is 0.233. The van der Waals surface area contributed by atoms with Crippen molar-refractivity contribution < 1.29 is 27.5 Å². The van der Waals surface area contributed by atoms with E-state index in [0.29, 0.717) is 24.7 Å². The van der Waals surface area contributed by atoms with Gasteiger partial charge in [-0.3, -0.25) is 13.9 Å². The molecule has 0 unspecified atom stereocenters. The highest BCUT2D eigenvalue weighted by atomic mass is 79.9. The summed E-state index contributed by atoms with van der Waals surface area (Å²) in [6, 6.07) is 28.5. The number of nitrogens with one attached hydrogen (secondary N) is 1. The Morgan fingerprint density at radius 2 is 1.46 bits per heavy atom. The minimum Gasteiger partial charge on any atom is -0.486 e. The van der Waals surface area contributed by atoms with Crippen molar-refractivity contribution >= 4 is 43.5 Å². The second-order valence-electron chi connectivity index (χ2n) is 11.2. The van der Waals surface area contributed by atoms with Crippen LogP contribution in [-0.4, -0.2) is 57.0 Å². The van der Waals surface area contributed by atoms with Crippen molar-refractivity contribution in [3.63, 3.8) is 0 Å². The number of benzene rings is 4. The molecule has 46 heavy (non-hydrogen) atoms. The van der Waals surface area contributed by atoms with Crippen LogP contribution in [0.15, 0.2) is 112 Å². The standard InChI is InChI=1S/C35H36BrN3O6S/c1-25(2)37-35(41)31(21-26-9-5-3-6-10-26)38(23-27-13-15-28(36)16-14-27)34(40)24-39(46(42,43)30-11-7-4-8-12-30)29-17-18-32-33(22-29)45-20-19-44-32/h3-18,22,25,31H,19-21,23-24H2,1-2H3,(H,37,41)/t31-/m1/s1. The van der Waals surface area contributed by atoms with Gasteiger partial charge in [-0.05, 0) is 61.4 Å². The molecular weight excluding hydrogens is 670 g/mol. The molecular formula is C35H36BrN3O6S. The number of nitrogens with zero attached hydrogens (tertiary/aromatic N) is 2. The summed E-state index contributed by atoms with van der Waals surface area (Å²) >= 11 is 3.46. The summed E-state index contributed by atoms with van der Waals surface area (Å²) in [5.74, 6) is -0.00348. The number of carbonyl (C=O) groups is 2. The largest absolute Gasteiger partial charge is 0.486 e. The molecule has 5 rings (SSSR count). The van der Waals surface area contributed by atoms with Crippen LogP contribution in [0.2, 0.25) is 0 Å². The molecule has 0 radical (unpaired) electrons. The molecule has 9 nitrogen and oxygen atoms in total. The van der Waals surface area contributed by atoms with E-state index in [1.165, 1.54) is 17.0 Å². The van der Waals surface area contributed by atoms with E-state index in [4.69, 9.17) is 9.47 Å². The predicted molar refractivity (Wildman–Crippen MR) is 180 cm³/mol. The Labute approximate surface area is 278 Å². The number of anilines is 1. The maximum absolute atomic E-state index is 14.6. The maximum Gasteiger partial charge on any atom is 0.264 e. The molecule has 0 saturated heterocycles. The SMILES string of the molecule is CC(C)NC(=O)[C@@H](Cc1ccccc1)N(Cc1ccc(Br)cc1)C(=O)CN(c1ccc2c(c1)OCCO2)S(=O)(=O)c1ccccc1. The van der Waals surface area contributed by atoms with Crippen molar-refractivity contribution in [3.05, 3.63) is 119 Å². The number of amides is 2. The molecule has 0 spiro atoms. The van der Waals surface area contributed by atoms with Gasteiger partial charge < -0.3 is 19.7 Å². The fraction of sp³-hybridized carbons (Fsp3) is 0.257. The van der Waals surface area contributed by atoms with Crippen LogP contribution in [0.25, 0.3) is 0 Å². The van der Waals surface area contributed by atoms with E-state index in [1.807, 2.05) is 68.4 Å². The normalized spacial score (nSPS) is 13.1. The third-order valence-electron chi connectivity index (χ3n) is 7.39. The fourth-order valence-electron chi connectivity index (χ4n) is 5.16. The molecule has 1 aliphatic rings. The van der Waals surface area contributed by atoms with Gasteiger partial charge in [-0.15, -0.1) is 0 Å². The van der Waals surface area contributed by atoms with Crippen LogP contribution in [0.3, 0.4) is 0 Å². The Kier molecular flexibility index (Phi) is 10.6. The number of carbonyl (C=O) groups excluding carboxylic acids is 2. The Morgan fingerprint density at radius 3 is 2.11 bits per heavy atom. The van der Waals surface area contributed by atoms with Crippen molar-refractivity contribution in [2.75, 3.05) is 24.1 Å². The topological polar surface area (TPSA) is 105 Å². The summed E-state index contributed by atoms with van der Waals surface area (Å²) < 4.78 is 41.7. The number of ether oxygens (including phenoxy) is 2. The molecule has 4 aromatic carbocycles. The molecule has 1 aliphatic heterocycles. The highest BCUT2D eigenvalue weighted by Gasteiger charge is 2.35. The average molecular weight is 707 g/mol. The molecule has 0 aliphatic carbocycles. The maximum atomic E-state index is 14.6. The van der Waals surface area contributed by atoms with Crippen molar-refractivity contribution in [3.8, 4) is 11.5 Å². The molecule has 0 fully saturated rings. The van der Waals surface area contributed by atoms with Crippen LogP contribution in [0.5, 0.6) is 11.5 Å². The van der Waals surface area contributed by atoms with E-state index in [0.717, 1.165) is 19.9 Å². The third kappa shape index (κ3) is 8.07. The van der Waals surface area contributed by atoms with Gasteiger partial charge in [0.15, 0.2) is 11.5 Å². The molecule has 11 heteroatoms. The highest BCUT2D eigenvalue weighted by Crippen LogP contribution is 2.36. The van der Waals surface area contributed by atoms with Crippen LogP contribution < -0.4 is 19.1 Å². The Morgan fingerprint density at radius 1 is 0.826 bits per heavy atom. The van der Waals surface area contributed by atoms with Crippen LogP contribution in [0, 0.1) is 0 Å². The van der Waals surface area contributed by atoms with Crippen molar-refractivity contribution in [2.45, 2.75) is 43.8 Å². The predicted octanol–water partition coefficient (Wildman–Crippen LogP) is 5.58. The first-order valence-corrected chi connectivity index (χ1v) is 17.2. The molecule has 4 aromatic rings. The lowest BCUT2D eigenvalue weighted by Gasteiger charge is -2.34. The van der Waals surface area contributed by atoms with E-state index in [-0.39, 0.29) is 35.5 Å². The zero-order chi connectivity index (χ0) is 32.7. The van der Waals surface area contributed by atoms with Crippen LogP contribution in [0.1, 0.15) is 25.0 Å². The fourth-order valence-corrected chi connectivity index (χ4v) is 6.85. The van der Waals surface area contributed by atoms with Crippen molar-refractivity contribution in [1.29, 1.82) is 0 Å². The lowest BCUT2D eigenvalue weighted by molar-refractivity contribution is -0.140. The van der Waals surface area contributed by atoms with Gasteiger partial charge in [-0.1, -0.05) is 76.6 Å². The quantitative estimate of drug-likeness (QED) is 0.206. The van der Waals surface area contributed by atoms with Gasteiger partial charge in [0.2, 0.25) is 11.8 Å². The lowest BCUT2D eigenvalue weighted by Crippen LogP contribution is -2.54. The van der Waals surface area contributed by atoms with E-state index >= 15 is 0 Å². The smallest absolute Gasteiger partial charge is 0.264 e. The molecule has 2 amide bonds. The van der Waals surface area contributed by atoms with Crippen LogP contribution in [-0.2, 0) is 32.6 Å². The summed E-state index contributed by atoms with van der Waals surface area (Å²) in [5, 5.41) is 2.97. The second kappa shape index (κ2) is 14.8. The van der Waals surface area contributed by atoms with Gasteiger partial charge in [0, 0.05) is 29.5 Å². The minimum absolute atomic E-state index is 0.0236. The number of rotatable bonds is 12. The van der Waals surface area contributed by atoms with E-state index in [1.54, 1.807) is 36.4 Å². The molecule has 1 atom stereocenters. The monoisotopic (exact) mass is 705 g/mol. The molecule has 1 N–H and O–H groups in total. The van der Waals surface area contributed by atoms with E-state index in [2.05, 4.69) is 21.2 Å². The third-order valence-corrected chi connectivity index (χ3v) is 9.71. The first-order chi connectivity index (χ1) is 22.1. The van der Waals surface area contributed by atoms with E-state index in [9.17, 15) is 18.0 Å². The summed E-state index contributed by atoms with van der Waals surface area (Å²) in [6.45, 7) is 3.92. The molecule has 0 saturated carbocycles. The zero-order valence-corrected chi connectivity index (χ0v) is 28.0. The summed E-state index contributed by atoms with van der Waals surface area (Å²) in [7, 11) is -4.23. The number of hydrogen-bond acceptors (Lipinski definition) is 6. The Balaban J connectivity index is 1.58. The van der Waals surface area contributed by atoms with Crippen molar-refractivity contribution in [2.24, 2.45) is 0 Å². The molecule has 0 bridgehead atoms. The average Bonchev–Trinajstić information content (AvgIpc) is 3.06. The van der Waals surface area contributed by atoms with Crippen LogP contribution in [0.4, 0.5) is 5.69 Å². The first-order valence-electron chi connectivity index (χ1n) is 15.0. The number of sulfonamides is 1. The first kappa shape index (κ1) is 33.0. The second-order valence-corrected chi connectivity index (χ2v) is 13.9. The number of fused-ring (bicyclic) bond motifs is 1. The number of hydrogen-bond donors (Lipinski definition) is 1. The molecule has 240 valence electrons. The van der Waals surface area contributed by atoms with Gasteiger partial charge in [0.25, 0.3) is 10.0 Å². The Hall–Kier alpha value is -4.35. The van der Waals surface area contributed by atoms with Crippen LogP contribution >= 0.6 is 15.9 Å². The van der Waals surface area contributed by atoms with Gasteiger partial charge in [0.1, 0.15) is 25.8 Å².